The van der Waals surface area contributed by atoms with E-state index in [9.17, 15) is 9.18 Å². The summed E-state index contributed by atoms with van der Waals surface area (Å²) in [7, 11) is 0. The zero-order chi connectivity index (χ0) is 16.5. The molecule has 0 bridgehead atoms. The van der Waals surface area contributed by atoms with E-state index >= 15 is 0 Å². The van der Waals surface area contributed by atoms with Crippen LogP contribution in [0.4, 0.5) is 10.1 Å². The van der Waals surface area contributed by atoms with E-state index < -0.39 is 0 Å². The molecular weight excluding hydrogens is 295 g/mol. The van der Waals surface area contributed by atoms with Gasteiger partial charge in [0.1, 0.15) is 6.61 Å². The molecule has 0 aliphatic rings. The molecule has 23 heavy (non-hydrogen) atoms. The first-order valence-electron chi connectivity index (χ1n) is 7.70. The SMILES string of the molecule is CCCNC(=O)c1cccc(NCCOc2ccccc2F)c1. The third-order valence-electron chi connectivity index (χ3n) is 3.19. The normalized spacial score (nSPS) is 10.2. The number of hydrogen-bond donors (Lipinski definition) is 2. The van der Waals surface area contributed by atoms with E-state index in [1.165, 1.54) is 6.07 Å². The van der Waals surface area contributed by atoms with Crippen LogP contribution in [0.15, 0.2) is 48.5 Å². The van der Waals surface area contributed by atoms with Gasteiger partial charge in [0.2, 0.25) is 0 Å². The summed E-state index contributed by atoms with van der Waals surface area (Å²) in [4.78, 5) is 11.9. The van der Waals surface area contributed by atoms with E-state index in [1.807, 2.05) is 19.1 Å². The highest BCUT2D eigenvalue weighted by molar-refractivity contribution is 5.95. The molecule has 0 aliphatic carbocycles. The minimum absolute atomic E-state index is 0.0851. The lowest BCUT2D eigenvalue weighted by molar-refractivity contribution is 0.0953. The maximum atomic E-state index is 13.4. The molecule has 122 valence electrons. The Morgan fingerprint density at radius 1 is 1.13 bits per heavy atom. The van der Waals surface area contributed by atoms with Crippen LogP contribution in [0.2, 0.25) is 0 Å². The maximum absolute atomic E-state index is 13.4. The van der Waals surface area contributed by atoms with Gasteiger partial charge in [-0.15, -0.1) is 0 Å². The minimum Gasteiger partial charge on any atom is -0.489 e. The smallest absolute Gasteiger partial charge is 0.251 e. The summed E-state index contributed by atoms with van der Waals surface area (Å²) in [5.41, 5.74) is 1.43. The van der Waals surface area contributed by atoms with Gasteiger partial charge >= 0.3 is 0 Å². The van der Waals surface area contributed by atoms with E-state index in [4.69, 9.17) is 4.74 Å². The number of carbonyl (C=O) groups excluding carboxylic acids is 1. The Balaban J connectivity index is 1.82. The van der Waals surface area contributed by atoms with Gasteiger partial charge in [0.15, 0.2) is 11.6 Å². The van der Waals surface area contributed by atoms with Crippen molar-refractivity contribution in [3.63, 3.8) is 0 Å². The number of halogens is 1. The van der Waals surface area contributed by atoms with Gasteiger partial charge in [-0.25, -0.2) is 4.39 Å². The van der Waals surface area contributed by atoms with Crippen LogP contribution in [0.5, 0.6) is 5.75 Å². The van der Waals surface area contributed by atoms with Gasteiger partial charge in [0, 0.05) is 24.3 Å². The van der Waals surface area contributed by atoms with E-state index in [1.54, 1.807) is 30.3 Å². The molecule has 2 aromatic carbocycles. The van der Waals surface area contributed by atoms with Crippen LogP contribution < -0.4 is 15.4 Å². The summed E-state index contributed by atoms with van der Waals surface area (Å²) in [6.45, 7) is 3.50. The molecule has 0 fully saturated rings. The van der Waals surface area contributed by atoms with E-state index in [0.717, 1.165) is 12.1 Å². The summed E-state index contributed by atoms with van der Waals surface area (Å²) in [5.74, 6) is -0.220. The molecule has 0 spiro atoms. The van der Waals surface area contributed by atoms with Crippen LogP contribution in [0.1, 0.15) is 23.7 Å². The van der Waals surface area contributed by atoms with Crippen molar-refractivity contribution in [1.82, 2.24) is 5.32 Å². The Morgan fingerprint density at radius 2 is 1.96 bits per heavy atom. The van der Waals surface area contributed by atoms with Crippen LogP contribution in [0.25, 0.3) is 0 Å². The quantitative estimate of drug-likeness (QED) is 0.733. The number of benzene rings is 2. The summed E-state index contributed by atoms with van der Waals surface area (Å²) < 4.78 is 18.8. The summed E-state index contributed by atoms with van der Waals surface area (Å²) >= 11 is 0. The first-order chi connectivity index (χ1) is 11.2. The number of rotatable bonds is 8. The maximum Gasteiger partial charge on any atom is 0.251 e. The van der Waals surface area contributed by atoms with E-state index in [-0.39, 0.29) is 17.5 Å². The average Bonchev–Trinajstić information content (AvgIpc) is 2.58. The van der Waals surface area contributed by atoms with Gasteiger partial charge in [-0.3, -0.25) is 4.79 Å². The fourth-order valence-corrected chi connectivity index (χ4v) is 2.03. The molecule has 2 aromatic rings. The van der Waals surface area contributed by atoms with Gasteiger partial charge in [-0.05, 0) is 36.8 Å². The Morgan fingerprint density at radius 3 is 2.74 bits per heavy atom. The van der Waals surface area contributed by atoms with E-state index in [0.29, 0.717) is 25.3 Å². The Labute approximate surface area is 135 Å². The highest BCUT2D eigenvalue weighted by Gasteiger charge is 2.05. The van der Waals surface area contributed by atoms with Crippen molar-refractivity contribution >= 4 is 11.6 Å². The fourth-order valence-electron chi connectivity index (χ4n) is 2.03. The van der Waals surface area contributed by atoms with Crippen LogP contribution >= 0.6 is 0 Å². The standard InChI is InChI=1S/C18H21FN2O2/c1-2-10-21-18(22)14-6-5-7-15(13-14)20-11-12-23-17-9-4-3-8-16(17)19/h3-9,13,20H,2,10-12H2,1H3,(H,21,22). The predicted octanol–water partition coefficient (Wildman–Crippen LogP) is 3.46. The number of para-hydroxylation sites is 1. The molecule has 0 heterocycles. The lowest BCUT2D eigenvalue weighted by Gasteiger charge is -2.10. The minimum atomic E-state index is -0.373. The third kappa shape index (κ3) is 5.29. The molecule has 0 aliphatic heterocycles. The van der Waals surface area contributed by atoms with Gasteiger partial charge in [-0.1, -0.05) is 25.1 Å². The molecule has 1 amide bonds. The van der Waals surface area contributed by atoms with E-state index in [2.05, 4.69) is 10.6 Å². The molecule has 0 atom stereocenters. The van der Waals surface area contributed by atoms with Crippen molar-refractivity contribution in [2.24, 2.45) is 0 Å². The molecular formula is C18H21FN2O2. The van der Waals surface area contributed by atoms with Crippen molar-refractivity contribution < 1.29 is 13.9 Å². The molecule has 0 unspecified atom stereocenters. The number of anilines is 1. The first-order valence-corrected chi connectivity index (χ1v) is 7.70. The second kappa shape index (κ2) is 8.78. The van der Waals surface area contributed by atoms with Crippen molar-refractivity contribution in [3.05, 3.63) is 59.9 Å². The highest BCUT2D eigenvalue weighted by Crippen LogP contribution is 2.15. The zero-order valence-electron chi connectivity index (χ0n) is 13.1. The van der Waals surface area contributed by atoms with Crippen LogP contribution in [-0.2, 0) is 0 Å². The Hall–Kier alpha value is -2.56. The molecule has 0 radical (unpaired) electrons. The van der Waals surface area contributed by atoms with Gasteiger partial charge < -0.3 is 15.4 Å². The van der Waals surface area contributed by atoms with Gasteiger partial charge in [0.25, 0.3) is 5.91 Å². The molecule has 0 saturated carbocycles. The summed E-state index contributed by atoms with van der Waals surface area (Å²) in [6, 6.07) is 13.6. The largest absolute Gasteiger partial charge is 0.489 e. The lowest BCUT2D eigenvalue weighted by atomic mass is 10.2. The number of carbonyl (C=O) groups is 1. The molecule has 0 saturated heterocycles. The fraction of sp³-hybridized carbons (Fsp3) is 0.278. The number of nitrogens with one attached hydrogen (secondary N) is 2. The molecule has 2 rings (SSSR count). The lowest BCUT2D eigenvalue weighted by Crippen LogP contribution is -2.24. The number of hydrogen-bond acceptors (Lipinski definition) is 3. The molecule has 2 N–H and O–H groups in total. The summed E-state index contributed by atoms with van der Waals surface area (Å²) in [6.07, 6.45) is 0.900. The molecule has 0 aromatic heterocycles. The monoisotopic (exact) mass is 316 g/mol. The third-order valence-corrected chi connectivity index (χ3v) is 3.19. The first kappa shape index (κ1) is 16.8. The van der Waals surface area contributed by atoms with Crippen molar-refractivity contribution in [2.75, 3.05) is 25.0 Å². The second-order valence-electron chi connectivity index (χ2n) is 5.04. The van der Waals surface area contributed by atoms with Crippen molar-refractivity contribution in [3.8, 4) is 5.75 Å². The predicted molar refractivity (Wildman–Crippen MR) is 89.5 cm³/mol. The number of amides is 1. The average molecular weight is 316 g/mol. The zero-order valence-corrected chi connectivity index (χ0v) is 13.1. The molecule has 4 nitrogen and oxygen atoms in total. The van der Waals surface area contributed by atoms with Crippen molar-refractivity contribution in [1.29, 1.82) is 0 Å². The van der Waals surface area contributed by atoms with Crippen LogP contribution in [0, 0.1) is 5.82 Å². The topological polar surface area (TPSA) is 50.4 Å². The highest BCUT2D eigenvalue weighted by atomic mass is 19.1. The summed E-state index contributed by atoms with van der Waals surface area (Å²) in [5, 5.41) is 6.00. The molecule has 5 heteroatoms. The number of ether oxygens (including phenoxy) is 1. The second-order valence-corrected chi connectivity index (χ2v) is 5.04. The Bertz CT molecular complexity index is 646. The van der Waals surface area contributed by atoms with Gasteiger partial charge in [0.05, 0.1) is 0 Å². The van der Waals surface area contributed by atoms with Crippen LogP contribution in [0.3, 0.4) is 0 Å². The van der Waals surface area contributed by atoms with Crippen molar-refractivity contribution in [2.45, 2.75) is 13.3 Å². The van der Waals surface area contributed by atoms with Gasteiger partial charge in [-0.2, -0.15) is 0 Å². The Kier molecular flexibility index (Phi) is 6.41. The van der Waals surface area contributed by atoms with Crippen LogP contribution in [-0.4, -0.2) is 25.6 Å².